The van der Waals surface area contributed by atoms with Gasteiger partial charge in [-0.2, -0.15) is 0 Å². The highest BCUT2D eigenvalue weighted by Crippen LogP contribution is 2.18. The Hall–Kier alpha value is -0.150. The van der Waals surface area contributed by atoms with Crippen molar-refractivity contribution >= 4 is 34.8 Å². The van der Waals surface area contributed by atoms with E-state index in [4.69, 9.17) is 44.3 Å². The van der Waals surface area contributed by atoms with E-state index in [1.165, 1.54) is 0 Å². The summed E-state index contributed by atoms with van der Waals surface area (Å²) in [5.74, 6) is 1.62. The normalized spacial score (nSPS) is 11.5. The van der Waals surface area contributed by atoms with Crippen LogP contribution in [-0.4, -0.2) is 36.5 Å². The Morgan fingerprint density at radius 1 is 0.882 bits per heavy atom. The molecule has 1 aromatic carbocycles. The van der Waals surface area contributed by atoms with Gasteiger partial charge < -0.3 is 9.47 Å². The van der Waals surface area contributed by atoms with Crippen molar-refractivity contribution in [2.24, 2.45) is 0 Å². The van der Waals surface area contributed by atoms with Crippen molar-refractivity contribution in [1.29, 1.82) is 0 Å². The van der Waals surface area contributed by atoms with E-state index < -0.39 is 5.60 Å². The lowest BCUT2D eigenvalue weighted by Crippen LogP contribution is -2.40. The highest BCUT2D eigenvalue weighted by Gasteiger charge is 2.28. The third-order valence-corrected chi connectivity index (χ3v) is 3.70. The smallest absolute Gasteiger partial charge is 0.119 e. The van der Waals surface area contributed by atoms with Crippen molar-refractivity contribution in [2.75, 3.05) is 30.9 Å². The summed E-state index contributed by atoms with van der Waals surface area (Å²) in [6, 6.07) is 9.53. The summed E-state index contributed by atoms with van der Waals surface area (Å²) in [6.45, 7) is 0.845. The topological polar surface area (TPSA) is 18.5 Å². The number of para-hydroxylation sites is 1. The summed E-state index contributed by atoms with van der Waals surface area (Å²) in [5, 5.41) is 0. The van der Waals surface area contributed by atoms with E-state index in [-0.39, 0.29) is 17.6 Å². The number of hydrogen-bond donors (Lipinski definition) is 0. The quantitative estimate of drug-likeness (QED) is 0.540. The van der Waals surface area contributed by atoms with Crippen molar-refractivity contribution in [1.82, 2.24) is 0 Å². The molecule has 0 radical (unpaired) electrons. The Morgan fingerprint density at radius 2 is 1.47 bits per heavy atom. The van der Waals surface area contributed by atoms with Crippen molar-refractivity contribution in [2.45, 2.75) is 5.60 Å². The molecule has 0 saturated carbocycles. The van der Waals surface area contributed by atoms with Crippen LogP contribution in [0.3, 0.4) is 0 Å². The fraction of sp³-hybridized carbons (Fsp3) is 0.500. The Balaban J connectivity index is 2.28. The number of alkyl halides is 3. The van der Waals surface area contributed by atoms with Gasteiger partial charge >= 0.3 is 0 Å². The molecule has 0 aromatic heterocycles. The average molecular weight is 298 g/mol. The predicted molar refractivity (Wildman–Crippen MR) is 72.8 cm³/mol. The summed E-state index contributed by atoms with van der Waals surface area (Å²) in [4.78, 5) is 0. The summed E-state index contributed by atoms with van der Waals surface area (Å²) < 4.78 is 11.1. The molecular formula is C12H15Cl3O2. The Kier molecular flexibility index (Phi) is 7.05. The summed E-state index contributed by atoms with van der Waals surface area (Å²) in [5.41, 5.74) is -0.662. The third-order valence-electron chi connectivity index (χ3n) is 2.23. The van der Waals surface area contributed by atoms with Gasteiger partial charge in [0.15, 0.2) is 0 Å². The predicted octanol–water partition coefficient (Wildman–Crippen LogP) is 3.54. The molecule has 0 aliphatic carbocycles. The summed E-state index contributed by atoms with van der Waals surface area (Å²) in [6.07, 6.45) is 0. The second-order valence-corrected chi connectivity index (χ2v) is 4.40. The number of halogens is 3. The Morgan fingerprint density at radius 3 is 2.00 bits per heavy atom. The summed E-state index contributed by atoms with van der Waals surface area (Å²) >= 11 is 17.4. The average Bonchev–Trinajstić information content (AvgIpc) is 2.41. The molecular weight excluding hydrogens is 282 g/mol. The van der Waals surface area contributed by atoms with Gasteiger partial charge in [-0.1, -0.05) is 18.2 Å². The van der Waals surface area contributed by atoms with Gasteiger partial charge in [-0.3, -0.25) is 0 Å². The van der Waals surface area contributed by atoms with E-state index >= 15 is 0 Å². The van der Waals surface area contributed by atoms with E-state index in [0.29, 0.717) is 13.2 Å². The van der Waals surface area contributed by atoms with Crippen molar-refractivity contribution in [3.63, 3.8) is 0 Å². The third kappa shape index (κ3) is 4.92. The molecule has 0 bridgehead atoms. The van der Waals surface area contributed by atoms with E-state index in [9.17, 15) is 0 Å². The highest BCUT2D eigenvalue weighted by molar-refractivity contribution is 6.24. The van der Waals surface area contributed by atoms with Crippen LogP contribution in [0.2, 0.25) is 0 Å². The number of hydrogen-bond acceptors (Lipinski definition) is 2. The molecule has 0 atom stereocenters. The fourth-order valence-electron chi connectivity index (χ4n) is 1.16. The molecule has 17 heavy (non-hydrogen) atoms. The van der Waals surface area contributed by atoms with Crippen molar-refractivity contribution in [3.8, 4) is 5.75 Å². The van der Waals surface area contributed by atoms with Crippen LogP contribution in [-0.2, 0) is 4.74 Å². The molecule has 0 spiro atoms. The monoisotopic (exact) mass is 296 g/mol. The van der Waals surface area contributed by atoms with Gasteiger partial charge in [-0.05, 0) is 12.1 Å². The molecule has 5 heteroatoms. The number of rotatable bonds is 8. The SMILES string of the molecule is ClCC(CCl)(CCl)OCCOc1ccccc1. The van der Waals surface area contributed by atoms with E-state index in [1.54, 1.807) is 0 Å². The lowest BCUT2D eigenvalue weighted by Gasteiger charge is -2.27. The first-order chi connectivity index (χ1) is 8.26. The Bertz CT molecular complexity index is 294. The highest BCUT2D eigenvalue weighted by atomic mass is 35.5. The maximum absolute atomic E-state index is 5.79. The molecule has 0 aliphatic heterocycles. The molecule has 1 aromatic rings. The Labute approximate surface area is 117 Å². The minimum atomic E-state index is -0.662. The molecule has 0 aliphatic rings. The molecule has 96 valence electrons. The minimum absolute atomic E-state index is 0.269. The second kappa shape index (κ2) is 8.04. The first kappa shape index (κ1) is 14.9. The van der Waals surface area contributed by atoms with E-state index in [1.807, 2.05) is 30.3 Å². The fourth-order valence-corrected chi connectivity index (χ4v) is 2.25. The molecule has 2 nitrogen and oxygen atoms in total. The summed E-state index contributed by atoms with van der Waals surface area (Å²) in [7, 11) is 0. The largest absolute Gasteiger partial charge is 0.491 e. The molecule has 0 fully saturated rings. The van der Waals surface area contributed by atoms with Crippen molar-refractivity contribution in [3.05, 3.63) is 30.3 Å². The first-order valence-electron chi connectivity index (χ1n) is 5.26. The van der Waals surface area contributed by atoms with Gasteiger partial charge in [-0.15, -0.1) is 34.8 Å². The van der Waals surface area contributed by atoms with Crippen LogP contribution >= 0.6 is 34.8 Å². The van der Waals surface area contributed by atoms with Crippen LogP contribution in [0.15, 0.2) is 30.3 Å². The van der Waals surface area contributed by atoms with Gasteiger partial charge in [0.25, 0.3) is 0 Å². The number of ether oxygens (including phenoxy) is 2. The molecule has 0 saturated heterocycles. The van der Waals surface area contributed by atoms with Crippen LogP contribution in [0.5, 0.6) is 5.75 Å². The van der Waals surface area contributed by atoms with Crippen LogP contribution in [0, 0.1) is 0 Å². The zero-order valence-electron chi connectivity index (χ0n) is 9.37. The van der Waals surface area contributed by atoms with Gasteiger partial charge in [0.05, 0.1) is 24.2 Å². The van der Waals surface area contributed by atoms with Gasteiger partial charge in [-0.25, -0.2) is 0 Å². The minimum Gasteiger partial charge on any atom is -0.491 e. The maximum Gasteiger partial charge on any atom is 0.119 e. The molecule has 0 unspecified atom stereocenters. The van der Waals surface area contributed by atoms with Crippen LogP contribution in [0.25, 0.3) is 0 Å². The van der Waals surface area contributed by atoms with E-state index in [2.05, 4.69) is 0 Å². The van der Waals surface area contributed by atoms with Gasteiger partial charge in [0.1, 0.15) is 18.0 Å². The van der Waals surface area contributed by atoms with Crippen LogP contribution in [0.1, 0.15) is 0 Å². The van der Waals surface area contributed by atoms with Gasteiger partial charge in [0.2, 0.25) is 0 Å². The molecule has 0 heterocycles. The lowest BCUT2D eigenvalue weighted by molar-refractivity contribution is -0.00888. The standard InChI is InChI=1S/C12H15Cl3O2/c13-8-12(9-14,10-15)17-7-6-16-11-4-2-1-3-5-11/h1-5H,6-10H2. The van der Waals surface area contributed by atoms with E-state index in [0.717, 1.165) is 5.75 Å². The molecule has 0 N–H and O–H groups in total. The zero-order chi connectivity index (χ0) is 12.6. The first-order valence-corrected chi connectivity index (χ1v) is 6.86. The maximum atomic E-state index is 5.79. The lowest BCUT2D eigenvalue weighted by atomic mass is 10.2. The van der Waals surface area contributed by atoms with Crippen molar-refractivity contribution < 1.29 is 9.47 Å². The van der Waals surface area contributed by atoms with Crippen LogP contribution < -0.4 is 4.74 Å². The second-order valence-electron chi connectivity index (χ2n) is 3.59. The van der Waals surface area contributed by atoms with Gasteiger partial charge in [0, 0.05) is 0 Å². The number of benzene rings is 1. The molecule has 0 amide bonds. The molecule has 1 rings (SSSR count). The zero-order valence-corrected chi connectivity index (χ0v) is 11.6. The van der Waals surface area contributed by atoms with Crippen LogP contribution in [0.4, 0.5) is 0 Å².